The van der Waals surface area contributed by atoms with E-state index in [1.54, 1.807) is 49.4 Å². The van der Waals surface area contributed by atoms with Crippen LogP contribution in [0.15, 0.2) is 48.0 Å². The van der Waals surface area contributed by atoms with Crippen LogP contribution in [-0.4, -0.2) is 47.4 Å². The fraction of sp³-hybridized carbons (Fsp3) is 0.286. The van der Waals surface area contributed by atoms with E-state index in [4.69, 9.17) is 14.2 Å². The molecule has 1 saturated heterocycles. The Morgan fingerprint density at radius 2 is 1.92 bits per heavy atom. The molecule has 3 aromatic rings. The standard InChI is InChI=1S/C28H26N2O7S/c1-4-10-35-19-7-5-6-17(13-19)23-22(24(32)18-8-9-20-21(14-18)37-12-11-36-20)25(33)27(34)30(23)28-29-15(2)26(38-28)16(3)31/h5-9,13-14,23,32H,4,10-12H2,1-3H3/b24-22-. The number of aromatic nitrogens is 1. The van der Waals surface area contributed by atoms with Gasteiger partial charge in [0.05, 0.1) is 28.8 Å². The first-order chi connectivity index (χ1) is 18.3. The van der Waals surface area contributed by atoms with Crippen molar-refractivity contribution in [2.45, 2.75) is 33.2 Å². The molecule has 1 atom stereocenters. The third kappa shape index (κ3) is 4.51. The third-order valence-corrected chi connectivity index (χ3v) is 7.48. The van der Waals surface area contributed by atoms with Gasteiger partial charge in [0, 0.05) is 12.5 Å². The van der Waals surface area contributed by atoms with E-state index in [9.17, 15) is 19.5 Å². The van der Waals surface area contributed by atoms with Gasteiger partial charge in [0.25, 0.3) is 5.78 Å². The molecule has 0 spiro atoms. The van der Waals surface area contributed by atoms with Crippen molar-refractivity contribution < 1.29 is 33.7 Å². The SMILES string of the molecule is CCCOc1cccc(C2/C(=C(/O)c3ccc4c(c3)OCCO4)C(=O)C(=O)N2c2nc(C)c(C(C)=O)s2)c1. The molecular weight excluding hydrogens is 508 g/mol. The van der Waals surface area contributed by atoms with Crippen molar-refractivity contribution in [1.82, 2.24) is 4.98 Å². The smallest absolute Gasteiger partial charge is 0.301 e. The lowest BCUT2D eigenvalue weighted by Crippen LogP contribution is -2.29. The predicted octanol–water partition coefficient (Wildman–Crippen LogP) is 4.84. The minimum atomic E-state index is -1.00. The van der Waals surface area contributed by atoms with E-state index in [1.165, 1.54) is 11.8 Å². The molecule has 3 heterocycles. The Kier molecular flexibility index (Phi) is 6.90. The number of hydrogen-bond acceptors (Lipinski definition) is 9. The van der Waals surface area contributed by atoms with E-state index in [1.807, 2.05) is 6.92 Å². The van der Waals surface area contributed by atoms with Crippen LogP contribution in [-0.2, 0) is 9.59 Å². The molecule has 0 saturated carbocycles. The van der Waals surface area contributed by atoms with Gasteiger partial charge in [-0.2, -0.15) is 0 Å². The molecule has 0 radical (unpaired) electrons. The van der Waals surface area contributed by atoms with Gasteiger partial charge < -0.3 is 19.3 Å². The van der Waals surface area contributed by atoms with Crippen molar-refractivity contribution >= 4 is 39.7 Å². The number of nitrogens with zero attached hydrogens (tertiary/aromatic N) is 2. The number of ether oxygens (including phenoxy) is 3. The average molecular weight is 535 g/mol. The minimum Gasteiger partial charge on any atom is -0.507 e. The number of carbonyl (C=O) groups excluding carboxylic acids is 3. The highest BCUT2D eigenvalue weighted by Crippen LogP contribution is 2.45. The summed E-state index contributed by atoms with van der Waals surface area (Å²) in [6.45, 7) is 6.35. The van der Waals surface area contributed by atoms with Crippen molar-refractivity contribution in [1.29, 1.82) is 0 Å². The quantitative estimate of drug-likeness (QED) is 0.198. The van der Waals surface area contributed by atoms with E-state index >= 15 is 0 Å². The molecule has 1 N–H and O–H groups in total. The summed E-state index contributed by atoms with van der Waals surface area (Å²) in [5.41, 5.74) is 1.21. The molecule has 2 aromatic carbocycles. The Morgan fingerprint density at radius 1 is 1.16 bits per heavy atom. The van der Waals surface area contributed by atoms with E-state index in [0.717, 1.165) is 17.8 Å². The fourth-order valence-corrected chi connectivity index (χ4v) is 5.49. The monoisotopic (exact) mass is 534 g/mol. The Bertz CT molecular complexity index is 1480. The molecule has 2 aliphatic heterocycles. The summed E-state index contributed by atoms with van der Waals surface area (Å²) in [5.74, 6) is -0.729. The second-order valence-electron chi connectivity index (χ2n) is 8.92. The number of carbonyl (C=O) groups is 3. The van der Waals surface area contributed by atoms with Crippen LogP contribution in [0.5, 0.6) is 17.2 Å². The number of aliphatic hydroxyl groups excluding tert-OH is 1. The molecule has 196 valence electrons. The maximum atomic E-state index is 13.5. The molecule has 5 rings (SSSR count). The maximum absolute atomic E-state index is 13.5. The molecule has 1 amide bonds. The zero-order valence-corrected chi connectivity index (χ0v) is 22.0. The van der Waals surface area contributed by atoms with Gasteiger partial charge in [-0.15, -0.1) is 0 Å². The molecule has 1 unspecified atom stereocenters. The number of aryl methyl sites for hydroxylation is 1. The molecule has 10 heteroatoms. The van der Waals surface area contributed by atoms with Gasteiger partial charge in [0.1, 0.15) is 24.7 Å². The number of thiazole rings is 1. The van der Waals surface area contributed by atoms with Gasteiger partial charge in [-0.25, -0.2) is 4.98 Å². The van der Waals surface area contributed by atoms with Gasteiger partial charge in [-0.3, -0.25) is 19.3 Å². The highest BCUT2D eigenvalue weighted by atomic mass is 32.1. The molecule has 0 bridgehead atoms. The van der Waals surface area contributed by atoms with Crippen LogP contribution in [0, 0.1) is 6.92 Å². The summed E-state index contributed by atoms with van der Waals surface area (Å²) in [6, 6.07) is 10.9. The Balaban J connectivity index is 1.68. The van der Waals surface area contributed by atoms with Crippen LogP contribution in [0.25, 0.3) is 5.76 Å². The van der Waals surface area contributed by atoms with Crippen molar-refractivity contribution in [3.8, 4) is 17.2 Å². The van der Waals surface area contributed by atoms with Gasteiger partial charge in [0.2, 0.25) is 0 Å². The molecule has 9 nitrogen and oxygen atoms in total. The topological polar surface area (TPSA) is 115 Å². The summed E-state index contributed by atoms with van der Waals surface area (Å²) in [4.78, 5) is 45.1. The fourth-order valence-electron chi connectivity index (χ4n) is 4.50. The Labute approximate surface area is 223 Å². The highest BCUT2D eigenvalue weighted by molar-refractivity contribution is 7.18. The van der Waals surface area contributed by atoms with Gasteiger partial charge in [-0.1, -0.05) is 30.4 Å². The zero-order valence-electron chi connectivity index (χ0n) is 21.1. The number of anilines is 1. The lowest BCUT2D eigenvalue weighted by molar-refractivity contribution is -0.132. The van der Waals surface area contributed by atoms with Crippen molar-refractivity contribution in [2.24, 2.45) is 0 Å². The van der Waals surface area contributed by atoms with Crippen LogP contribution >= 0.6 is 11.3 Å². The first-order valence-electron chi connectivity index (χ1n) is 12.2. The third-order valence-electron chi connectivity index (χ3n) is 6.22. The van der Waals surface area contributed by atoms with Crippen molar-refractivity contribution in [2.75, 3.05) is 24.7 Å². The summed E-state index contributed by atoms with van der Waals surface area (Å²) in [7, 11) is 0. The summed E-state index contributed by atoms with van der Waals surface area (Å²) < 4.78 is 17.0. The number of ketones is 2. The van der Waals surface area contributed by atoms with Crippen LogP contribution in [0.2, 0.25) is 0 Å². The lowest BCUT2D eigenvalue weighted by Gasteiger charge is -2.24. The zero-order chi connectivity index (χ0) is 27.0. The highest BCUT2D eigenvalue weighted by Gasteiger charge is 2.48. The van der Waals surface area contributed by atoms with Gasteiger partial charge in [0.15, 0.2) is 22.4 Å². The van der Waals surface area contributed by atoms with Crippen LogP contribution < -0.4 is 19.1 Å². The minimum absolute atomic E-state index is 0.100. The van der Waals surface area contributed by atoms with E-state index in [-0.39, 0.29) is 22.2 Å². The number of Topliss-reactive ketones (excluding diaryl/α,β-unsaturated/α-hetero) is 2. The van der Waals surface area contributed by atoms with E-state index < -0.39 is 17.7 Å². The van der Waals surface area contributed by atoms with Crippen LogP contribution in [0.3, 0.4) is 0 Å². The van der Waals surface area contributed by atoms with Crippen LogP contribution in [0.1, 0.15) is 52.8 Å². The Morgan fingerprint density at radius 3 is 2.63 bits per heavy atom. The molecule has 0 aliphatic carbocycles. The largest absolute Gasteiger partial charge is 0.507 e. The maximum Gasteiger partial charge on any atom is 0.301 e. The predicted molar refractivity (Wildman–Crippen MR) is 141 cm³/mol. The molecular formula is C28H26N2O7S. The summed E-state index contributed by atoms with van der Waals surface area (Å²) in [6.07, 6.45) is 0.805. The number of rotatable bonds is 7. The Hall–Kier alpha value is -4.18. The lowest BCUT2D eigenvalue weighted by atomic mass is 9.95. The molecule has 38 heavy (non-hydrogen) atoms. The normalized spacial score (nSPS) is 18.1. The molecule has 1 fully saturated rings. The second kappa shape index (κ2) is 10.3. The number of benzene rings is 2. The van der Waals surface area contributed by atoms with E-state index in [2.05, 4.69) is 4.98 Å². The first-order valence-corrected chi connectivity index (χ1v) is 13.0. The number of aliphatic hydroxyl groups is 1. The van der Waals surface area contributed by atoms with Crippen molar-refractivity contribution in [3.63, 3.8) is 0 Å². The summed E-state index contributed by atoms with van der Waals surface area (Å²) >= 11 is 1.04. The van der Waals surface area contributed by atoms with Gasteiger partial charge in [-0.05, 0) is 49.2 Å². The van der Waals surface area contributed by atoms with Crippen molar-refractivity contribution in [3.05, 3.63) is 69.7 Å². The van der Waals surface area contributed by atoms with E-state index in [0.29, 0.717) is 58.8 Å². The van der Waals surface area contributed by atoms with Crippen LogP contribution in [0.4, 0.5) is 5.13 Å². The summed E-state index contributed by atoms with van der Waals surface area (Å²) in [5, 5.41) is 11.6. The second-order valence-corrected chi connectivity index (χ2v) is 9.89. The number of hydrogen-bond donors (Lipinski definition) is 1. The average Bonchev–Trinajstić information content (AvgIpc) is 3.43. The molecule has 2 aliphatic rings. The number of amides is 1. The van der Waals surface area contributed by atoms with Gasteiger partial charge >= 0.3 is 5.91 Å². The number of fused-ring (bicyclic) bond motifs is 1. The molecule has 1 aromatic heterocycles. The first kappa shape index (κ1) is 25.5.